The highest BCUT2D eigenvalue weighted by molar-refractivity contribution is 6.00. The number of carboxylic acids is 1. The van der Waals surface area contributed by atoms with Gasteiger partial charge in [0.05, 0.1) is 44.1 Å². The van der Waals surface area contributed by atoms with Crippen molar-refractivity contribution in [2.45, 2.75) is 190 Å². The van der Waals surface area contributed by atoms with Crippen LogP contribution in [-0.4, -0.2) is 242 Å². The maximum atomic E-state index is 14.9. The minimum atomic E-state index is -1.99. The number of rotatable bonds is 41. The number of nitrogens with one attached hydrogen (secondary N) is 13. The van der Waals surface area contributed by atoms with E-state index >= 15 is 0 Å². The fourth-order valence-electron chi connectivity index (χ4n) is 11.6. The molecule has 4 heterocycles. The summed E-state index contributed by atoms with van der Waals surface area (Å²) >= 11 is 0. The number of amides is 11. The number of fused-ring (bicyclic) bond motifs is 1. The number of phenols is 1. The number of carbonyl (C=O) groups is 12. The molecule has 11 amide bonds. The molecule has 23 N–H and O–H groups in total. The molecule has 104 heavy (non-hydrogen) atoms. The maximum Gasteiger partial charge on any atom is 0.326 e. The Balaban J connectivity index is 1.17. The number of imidazole rings is 2. The number of carboxylic acid groups (broad SMARTS) is 1. The number of aromatic nitrogens is 5. The van der Waals surface area contributed by atoms with Crippen LogP contribution in [0.3, 0.4) is 0 Å². The van der Waals surface area contributed by atoms with Crippen LogP contribution in [0.2, 0.25) is 0 Å². The molecule has 6 rings (SSSR count). The summed E-state index contributed by atoms with van der Waals surface area (Å²) in [6.07, 6.45) is 4.39. The Morgan fingerprint density at radius 3 is 1.61 bits per heavy atom. The van der Waals surface area contributed by atoms with Crippen molar-refractivity contribution in [1.29, 1.82) is 0 Å². The highest BCUT2D eigenvalue weighted by atomic mass is 16.4. The van der Waals surface area contributed by atoms with Crippen molar-refractivity contribution in [2.75, 3.05) is 26.3 Å². The first-order chi connectivity index (χ1) is 49.5. The molecule has 0 unspecified atom stereocenters. The van der Waals surface area contributed by atoms with Crippen molar-refractivity contribution in [3.05, 3.63) is 102 Å². The van der Waals surface area contributed by atoms with Crippen molar-refractivity contribution < 1.29 is 88.2 Å². The van der Waals surface area contributed by atoms with E-state index in [0.717, 1.165) is 18.7 Å². The SMILES string of the molecule is CC[C@H](C)[C@H](NC(=O)[C@H](CO)NC(=O)[C@@H](NC(=O)[C@@H](NC(=O)[C@H](Cc1cnc[nH]1)NC(=O)[C@H](Cc1ccc(O)cc1)NC(=O)[C@H](Cc1c[nH]c2ccccc12)NC(=O)[C@@H](NC(=O)[C@@H](N)CCCCN)C(C)C)[C@@H](C)O)[C@@H](C)O)C(=O)N1CCC[C@H]1C(=O)N[C@@H](CO)C(=O)N[C@@H](Cc1cnc[nH]1)C(=O)O. The van der Waals surface area contributed by atoms with E-state index in [2.05, 4.69) is 78.1 Å². The van der Waals surface area contributed by atoms with Crippen molar-refractivity contribution in [3.63, 3.8) is 0 Å². The molecule has 15 atom stereocenters. The molecule has 1 fully saturated rings. The fraction of sp³-hybridized carbons (Fsp3) is 0.529. The number of aliphatic hydroxyl groups is 4. The molecule has 1 aliphatic rings. The highest BCUT2D eigenvalue weighted by Crippen LogP contribution is 2.24. The molecule has 36 heteroatoms. The molecular formula is C68H98N18O18. The number of benzene rings is 2. The van der Waals surface area contributed by atoms with Crippen LogP contribution in [0.1, 0.15) is 103 Å². The quantitative estimate of drug-likeness (QED) is 0.0164. The molecule has 0 radical (unpaired) electrons. The summed E-state index contributed by atoms with van der Waals surface area (Å²) in [5, 5.41) is 88.3. The Bertz CT molecular complexity index is 3700. The van der Waals surface area contributed by atoms with Crippen LogP contribution in [0.15, 0.2) is 79.8 Å². The second-order valence-electron chi connectivity index (χ2n) is 26.2. The zero-order valence-electron chi connectivity index (χ0n) is 58.7. The van der Waals surface area contributed by atoms with Gasteiger partial charge in [0.25, 0.3) is 0 Å². The molecule has 0 saturated carbocycles. The summed E-state index contributed by atoms with van der Waals surface area (Å²) in [7, 11) is 0. The highest BCUT2D eigenvalue weighted by Gasteiger charge is 2.43. The number of para-hydroxylation sites is 1. The van der Waals surface area contributed by atoms with Crippen molar-refractivity contribution in [3.8, 4) is 5.75 Å². The zero-order valence-corrected chi connectivity index (χ0v) is 58.7. The number of aromatic hydroxyl groups is 1. The molecule has 0 bridgehead atoms. The molecule has 5 aromatic rings. The second-order valence-corrected chi connectivity index (χ2v) is 26.2. The average Bonchev–Trinajstić information content (AvgIpc) is 1.62. The standard InChI is InChI=1S/C68H98N18O18/c1-7-35(4)54(67(102)86-22-12-16-52(86)63(98)80-50(30-87)61(96)79-49(68(103)104)26-41-29-72-33-75-41)83-62(97)51(31-88)81-65(100)55(36(5)89)85-66(101)56(37(6)90)84-60(95)48(25-40-28-71-32-74-40)77-58(93)46(23-38-17-19-42(91)20-18-38)76-59(94)47(24-39-27-73-45-15-9-8-13-43(39)45)78-64(99)53(34(2)3)82-57(92)44(70)14-10-11-21-69/h8-9,13,15,17-20,27-29,32-37,44,46-56,73,87-91H,7,10-12,14,16,21-26,30-31,69-70H2,1-6H3,(H,71,74)(H,72,75)(H,76,94)(H,77,93)(H,78,99)(H,79,96)(H,80,98)(H,81,100)(H,82,92)(H,83,97)(H,84,95)(H,85,101)(H,103,104)/t35-,36+,37+,44-,46-,47-,48-,49-,50-,51-,52-,53-,54-,55-,56-/m0/s1. The molecule has 568 valence electrons. The van der Waals surface area contributed by atoms with E-state index in [9.17, 15) is 88.2 Å². The number of carbonyl (C=O) groups excluding carboxylic acids is 11. The number of aliphatic hydroxyl groups excluding tert-OH is 4. The number of nitrogens with two attached hydrogens (primary N) is 2. The molecule has 1 aliphatic heterocycles. The lowest BCUT2D eigenvalue weighted by molar-refractivity contribution is -0.144. The van der Waals surface area contributed by atoms with Gasteiger partial charge in [-0.25, -0.2) is 14.8 Å². The number of hydrogen-bond acceptors (Lipinski definition) is 21. The Labute approximate surface area is 599 Å². The summed E-state index contributed by atoms with van der Waals surface area (Å²) in [5.41, 5.74) is 14.2. The van der Waals surface area contributed by atoms with Crippen LogP contribution < -0.4 is 64.6 Å². The normalized spacial score (nSPS) is 16.9. The van der Waals surface area contributed by atoms with Gasteiger partial charge in [0.1, 0.15) is 72.2 Å². The van der Waals surface area contributed by atoms with Crippen LogP contribution in [0.4, 0.5) is 0 Å². The van der Waals surface area contributed by atoms with Gasteiger partial charge in [0.15, 0.2) is 0 Å². The number of phenolic OH excluding ortho intramolecular Hbond substituents is 1. The number of aliphatic carboxylic acids is 1. The third kappa shape index (κ3) is 23.6. The monoisotopic (exact) mass is 1450 g/mol. The Morgan fingerprint density at radius 1 is 0.567 bits per heavy atom. The number of aromatic amines is 3. The smallest absolute Gasteiger partial charge is 0.326 e. The topological polar surface area (TPSA) is 575 Å². The van der Waals surface area contributed by atoms with Crippen LogP contribution in [0.25, 0.3) is 10.9 Å². The number of nitrogens with zero attached hydrogens (tertiary/aromatic N) is 3. The third-order valence-corrected chi connectivity index (χ3v) is 17.9. The summed E-state index contributed by atoms with van der Waals surface area (Å²) in [6.45, 7) is 7.15. The molecule has 3 aromatic heterocycles. The Kier molecular flexibility index (Phi) is 31.6. The third-order valence-electron chi connectivity index (χ3n) is 17.9. The Hall–Kier alpha value is -10.4. The average molecular weight is 1460 g/mol. The van der Waals surface area contributed by atoms with Gasteiger partial charge in [-0.1, -0.05) is 70.9 Å². The number of H-pyrrole nitrogens is 3. The molecule has 0 spiro atoms. The number of likely N-dealkylation sites (tertiary alicyclic amines) is 1. The van der Waals surface area contributed by atoms with Gasteiger partial charge >= 0.3 is 5.97 Å². The van der Waals surface area contributed by atoms with Crippen molar-refractivity contribution >= 4 is 81.9 Å². The molecule has 2 aromatic carbocycles. The van der Waals surface area contributed by atoms with Crippen LogP contribution in [0.5, 0.6) is 5.75 Å². The number of hydrogen-bond donors (Lipinski definition) is 21. The summed E-state index contributed by atoms with van der Waals surface area (Å²) < 4.78 is 0. The molecular weight excluding hydrogens is 1360 g/mol. The van der Waals surface area contributed by atoms with Gasteiger partial charge < -0.3 is 115 Å². The predicted molar refractivity (Wildman–Crippen MR) is 373 cm³/mol. The minimum absolute atomic E-state index is 0.0107. The first-order valence-corrected chi connectivity index (χ1v) is 34.4. The van der Waals surface area contributed by atoms with E-state index in [0.29, 0.717) is 53.5 Å². The van der Waals surface area contributed by atoms with Gasteiger partial charge in [0.2, 0.25) is 65.0 Å². The van der Waals surface area contributed by atoms with E-state index < -0.39 is 181 Å². The largest absolute Gasteiger partial charge is 0.508 e. The molecule has 0 aliphatic carbocycles. The summed E-state index contributed by atoms with van der Waals surface area (Å²) in [5.74, 6) is -13.5. The van der Waals surface area contributed by atoms with Crippen LogP contribution in [-0.2, 0) is 83.2 Å². The van der Waals surface area contributed by atoms with Crippen LogP contribution in [0, 0.1) is 11.8 Å². The lowest BCUT2D eigenvalue weighted by Crippen LogP contribution is -2.64. The minimum Gasteiger partial charge on any atom is -0.508 e. The van der Waals surface area contributed by atoms with Gasteiger partial charge in [-0.3, -0.25) is 52.7 Å². The fourth-order valence-corrected chi connectivity index (χ4v) is 11.6. The molecule has 1 saturated heterocycles. The van der Waals surface area contributed by atoms with E-state index in [4.69, 9.17) is 11.5 Å². The lowest BCUT2D eigenvalue weighted by atomic mass is 9.96. The predicted octanol–water partition coefficient (Wildman–Crippen LogP) is -4.58. The number of unbranched alkanes of at least 4 members (excludes halogenated alkanes) is 1. The van der Waals surface area contributed by atoms with Crippen LogP contribution >= 0.6 is 0 Å². The maximum absolute atomic E-state index is 14.9. The summed E-state index contributed by atoms with van der Waals surface area (Å²) in [4.78, 5) is 186. The van der Waals surface area contributed by atoms with E-state index in [1.165, 1.54) is 49.3 Å². The van der Waals surface area contributed by atoms with Gasteiger partial charge in [-0.2, -0.15) is 0 Å². The first kappa shape index (κ1) is 82.6. The van der Waals surface area contributed by atoms with Crippen molar-refractivity contribution in [2.24, 2.45) is 23.3 Å². The lowest BCUT2D eigenvalue weighted by Gasteiger charge is -2.33. The van der Waals surface area contributed by atoms with E-state index in [1.54, 1.807) is 58.2 Å². The molecule has 36 nitrogen and oxygen atoms in total. The summed E-state index contributed by atoms with van der Waals surface area (Å²) in [6, 6.07) is -5.72. The van der Waals surface area contributed by atoms with Gasteiger partial charge in [-0.15, -0.1) is 0 Å². The first-order valence-electron chi connectivity index (χ1n) is 34.4. The van der Waals surface area contributed by atoms with Gasteiger partial charge in [-0.05, 0) is 87.2 Å². The van der Waals surface area contributed by atoms with E-state index in [-0.39, 0.29) is 62.9 Å². The Morgan fingerprint density at radius 2 is 1.05 bits per heavy atom. The van der Waals surface area contributed by atoms with Crippen molar-refractivity contribution in [1.82, 2.24) is 83.0 Å². The van der Waals surface area contributed by atoms with Gasteiger partial charge in [0, 0.05) is 73.1 Å². The zero-order chi connectivity index (χ0) is 76.5. The van der Waals surface area contributed by atoms with E-state index in [1.807, 2.05) is 0 Å². The second kappa shape index (κ2) is 39.9.